The smallest absolute Gasteiger partial charge is 0.217 e. The molecule has 0 saturated carbocycles. The van der Waals surface area contributed by atoms with E-state index in [9.17, 15) is 4.79 Å². The van der Waals surface area contributed by atoms with Crippen molar-refractivity contribution >= 4 is 12.2 Å². The summed E-state index contributed by atoms with van der Waals surface area (Å²) < 4.78 is 5.27. The van der Waals surface area contributed by atoms with E-state index >= 15 is 0 Å². The Bertz CT molecular complexity index is 552. The molecule has 6 nitrogen and oxygen atoms in total. The predicted molar refractivity (Wildman–Crippen MR) is 116 cm³/mol. The number of nitrogens with zero attached hydrogens (tertiary/aromatic N) is 1. The van der Waals surface area contributed by atoms with Gasteiger partial charge in [-0.15, -0.1) is 0 Å². The molecule has 6 heteroatoms. The van der Waals surface area contributed by atoms with Crippen LogP contribution < -0.4 is 15.4 Å². The van der Waals surface area contributed by atoms with Crippen molar-refractivity contribution in [2.75, 3.05) is 33.8 Å². The van der Waals surface area contributed by atoms with E-state index in [1.807, 2.05) is 19.2 Å². The zero-order valence-electron chi connectivity index (χ0n) is 18.5. The maximum absolute atomic E-state index is 11.3. The van der Waals surface area contributed by atoms with Crippen LogP contribution in [0.3, 0.4) is 0 Å². The Hall–Kier alpha value is -1.92. The van der Waals surface area contributed by atoms with E-state index in [0.717, 1.165) is 44.5 Å². The van der Waals surface area contributed by atoms with Crippen molar-refractivity contribution in [2.24, 2.45) is 0 Å². The lowest BCUT2D eigenvalue weighted by molar-refractivity contribution is -0.120. The van der Waals surface area contributed by atoms with Gasteiger partial charge < -0.3 is 20.2 Å². The maximum atomic E-state index is 11.3. The largest absolute Gasteiger partial charge is 0.497 e. The van der Waals surface area contributed by atoms with Gasteiger partial charge >= 0.3 is 0 Å². The summed E-state index contributed by atoms with van der Waals surface area (Å²) in [7, 11) is 3.68. The SMILES string of the molecule is CC=O.CCC.CNC1CC(NC(C)=O)CN(CCc2cccc(OC)c2)C1. The molecule has 0 spiro atoms. The monoisotopic (exact) mass is 393 g/mol. The van der Waals surface area contributed by atoms with Gasteiger partial charge in [-0.05, 0) is 44.5 Å². The van der Waals surface area contributed by atoms with Gasteiger partial charge in [-0.1, -0.05) is 32.4 Å². The van der Waals surface area contributed by atoms with E-state index in [-0.39, 0.29) is 11.9 Å². The summed E-state index contributed by atoms with van der Waals surface area (Å²) >= 11 is 0. The molecular weight excluding hydrogens is 354 g/mol. The van der Waals surface area contributed by atoms with Gasteiger partial charge in [-0.2, -0.15) is 0 Å². The molecule has 160 valence electrons. The average molecular weight is 394 g/mol. The van der Waals surface area contributed by atoms with Crippen molar-refractivity contribution in [1.29, 1.82) is 0 Å². The molecule has 1 aliphatic heterocycles. The van der Waals surface area contributed by atoms with Crippen LogP contribution in [0.15, 0.2) is 24.3 Å². The van der Waals surface area contributed by atoms with E-state index in [2.05, 4.69) is 41.5 Å². The molecule has 2 rings (SSSR count). The molecule has 0 radical (unpaired) electrons. The van der Waals surface area contributed by atoms with Crippen LogP contribution in [0.25, 0.3) is 0 Å². The standard InChI is InChI=1S/C17H27N3O2.C3H8.C2H4O/c1-13(21)19-16-10-15(18-2)11-20(12-16)8-7-14-5-4-6-17(9-14)22-3;1-3-2;1-2-3/h4-6,9,15-16,18H,7-8,10-12H2,1-3H3,(H,19,21);3H2,1-2H3;2H,1H3. The minimum absolute atomic E-state index is 0.0505. The number of nitrogens with one attached hydrogen (secondary N) is 2. The van der Waals surface area contributed by atoms with Crippen molar-refractivity contribution in [3.63, 3.8) is 0 Å². The van der Waals surface area contributed by atoms with Gasteiger partial charge in [0, 0.05) is 38.6 Å². The molecular formula is C22H39N3O3. The van der Waals surface area contributed by atoms with E-state index in [0.29, 0.717) is 6.04 Å². The number of hydrogen-bond donors (Lipinski definition) is 2. The number of aldehydes is 1. The summed E-state index contributed by atoms with van der Waals surface area (Å²) in [6.45, 7) is 10.2. The van der Waals surface area contributed by atoms with Crippen LogP contribution in [0.4, 0.5) is 0 Å². The quantitative estimate of drug-likeness (QED) is 0.727. The van der Waals surface area contributed by atoms with Crippen molar-refractivity contribution in [1.82, 2.24) is 15.5 Å². The third-order valence-corrected chi connectivity index (χ3v) is 4.19. The molecule has 2 N–H and O–H groups in total. The summed E-state index contributed by atoms with van der Waals surface area (Å²) in [4.78, 5) is 22.5. The first-order valence-corrected chi connectivity index (χ1v) is 10.1. The fraction of sp³-hybridized carbons (Fsp3) is 0.636. The number of methoxy groups -OCH3 is 1. The first-order valence-electron chi connectivity index (χ1n) is 10.1. The lowest BCUT2D eigenvalue weighted by atomic mass is 10.00. The minimum Gasteiger partial charge on any atom is -0.497 e. The van der Waals surface area contributed by atoms with Crippen LogP contribution in [0, 0.1) is 0 Å². The Morgan fingerprint density at radius 3 is 2.43 bits per heavy atom. The van der Waals surface area contributed by atoms with Gasteiger partial charge in [0.05, 0.1) is 7.11 Å². The van der Waals surface area contributed by atoms with E-state index in [4.69, 9.17) is 9.53 Å². The third-order valence-electron chi connectivity index (χ3n) is 4.19. The highest BCUT2D eigenvalue weighted by molar-refractivity contribution is 5.73. The molecule has 1 aromatic rings. The molecule has 28 heavy (non-hydrogen) atoms. The van der Waals surface area contributed by atoms with E-state index in [1.165, 1.54) is 18.9 Å². The fourth-order valence-corrected chi connectivity index (χ4v) is 3.09. The average Bonchev–Trinajstić information content (AvgIpc) is 2.67. The Balaban J connectivity index is 0.00000108. The second-order valence-corrected chi connectivity index (χ2v) is 6.92. The third kappa shape index (κ3) is 11.7. The van der Waals surface area contributed by atoms with Gasteiger partial charge in [0.2, 0.25) is 5.91 Å². The van der Waals surface area contributed by atoms with Crippen LogP contribution in [-0.4, -0.2) is 63.0 Å². The normalized spacial score (nSPS) is 18.6. The first-order chi connectivity index (χ1) is 13.4. The number of likely N-dealkylation sites (tertiary alicyclic amines) is 1. The number of likely N-dealkylation sites (N-methyl/N-ethyl adjacent to an activating group) is 1. The Kier molecular flexibility index (Phi) is 15.0. The minimum atomic E-state index is 0.0505. The highest BCUT2D eigenvalue weighted by atomic mass is 16.5. The Morgan fingerprint density at radius 1 is 1.29 bits per heavy atom. The van der Waals surface area contributed by atoms with Crippen molar-refractivity contribution in [2.45, 2.75) is 59.0 Å². The summed E-state index contributed by atoms with van der Waals surface area (Å²) in [5.74, 6) is 0.954. The summed E-state index contributed by atoms with van der Waals surface area (Å²) in [6, 6.07) is 8.87. The lowest BCUT2D eigenvalue weighted by Crippen LogP contribution is -2.55. The second kappa shape index (κ2) is 16.1. The summed E-state index contributed by atoms with van der Waals surface area (Å²) in [6.07, 6.45) is 3.98. The second-order valence-electron chi connectivity index (χ2n) is 6.92. The Labute approximate surface area is 171 Å². The number of rotatable bonds is 6. The van der Waals surface area contributed by atoms with Crippen molar-refractivity contribution in [3.8, 4) is 5.75 Å². The number of carbonyl (C=O) groups is 2. The first kappa shape index (κ1) is 26.1. The van der Waals surface area contributed by atoms with Gasteiger partial charge in [-0.25, -0.2) is 0 Å². The molecule has 1 aromatic carbocycles. The predicted octanol–water partition coefficient (Wildman–Crippen LogP) is 2.66. The van der Waals surface area contributed by atoms with Crippen molar-refractivity contribution in [3.05, 3.63) is 29.8 Å². The van der Waals surface area contributed by atoms with Gasteiger partial charge in [0.25, 0.3) is 0 Å². The topological polar surface area (TPSA) is 70.7 Å². The lowest BCUT2D eigenvalue weighted by Gasteiger charge is -2.38. The van der Waals surface area contributed by atoms with Crippen LogP contribution >= 0.6 is 0 Å². The molecule has 0 aromatic heterocycles. The highest BCUT2D eigenvalue weighted by Crippen LogP contribution is 2.15. The van der Waals surface area contributed by atoms with E-state index in [1.54, 1.807) is 14.0 Å². The number of ether oxygens (including phenoxy) is 1. The molecule has 1 heterocycles. The molecule has 1 fully saturated rings. The van der Waals surface area contributed by atoms with E-state index < -0.39 is 0 Å². The van der Waals surface area contributed by atoms with Crippen LogP contribution in [-0.2, 0) is 16.0 Å². The molecule has 0 bridgehead atoms. The summed E-state index contributed by atoms with van der Waals surface area (Å²) in [5, 5.41) is 6.39. The zero-order chi connectivity index (χ0) is 21.4. The van der Waals surface area contributed by atoms with Gasteiger partial charge in [0.15, 0.2) is 0 Å². The highest BCUT2D eigenvalue weighted by Gasteiger charge is 2.26. The number of carbonyl (C=O) groups excluding carboxylic acids is 2. The van der Waals surface area contributed by atoms with Crippen LogP contribution in [0.1, 0.15) is 46.1 Å². The Morgan fingerprint density at radius 2 is 1.89 bits per heavy atom. The summed E-state index contributed by atoms with van der Waals surface area (Å²) in [5.41, 5.74) is 1.28. The van der Waals surface area contributed by atoms with Crippen LogP contribution in [0.5, 0.6) is 5.75 Å². The number of piperidine rings is 1. The maximum Gasteiger partial charge on any atom is 0.217 e. The zero-order valence-corrected chi connectivity index (χ0v) is 18.5. The van der Waals surface area contributed by atoms with Gasteiger partial charge in [-0.3, -0.25) is 9.69 Å². The van der Waals surface area contributed by atoms with Gasteiger partial charge in [0.1, 0.15) is 12.0 Å². The molecule has 1 amide bonds. The number of hydrogen-bond acceptors (Lipinski definition) is 5. The fourth-order valence-electron chi connectivity index (χ4n) is 3.09. The number of benzene rings is 1. The molecule has 0 aliphatic carbocycles. The molecule has 1 saturated heterocycles. The molecule has 2 unspecified atom stereocenters. The van der Waals surface area contributed by atoms with Crippen LogP contribution in [0.2, 0.25) is 0 Å². The number of amides is 1. The van der Waals surface area contributed by atoms with Crippen molar-refractivity contribution < 1.29 is 14.3 Å². The molecule has 2 atom stereocenters. The molecule has 1 aliphatic rings.